The number of fused-ring (bicyclic) bond motifs is 1. The van der Waals surface area contributed by atoms with Crippen LogP contribution in [-0.4, -0.2) is 25.0 Å². The Morgan fingerprint density at radius 2 is 1.78 bits per heavy atom. The summed E-state index contributed by atoms with van der Waals surface area (Å²) in [4.78, 5) is 24.7. The lowest BCUT2D eigenvalue weighted by Gasteiger charge is -2.23. The zero-order chi connectivity index (χ0) is 19.1. The van der Waals surface area contributed by atoms with Crippen LogP contribution in [0.1, 0.15) is 35.7 Å². The largest absolute Gasteiger partial charge is 0.463 e. The minimum absolute atomic E-state index is 0.147. The van der Waals surface area contributed by atoms with E-state index in [4.69, 9.17) is 4.74 Å². The number of aryl methyl sites for hydroxylation is 1. The molecule has 0 bridgehead atoms. The predicted molar refractivity (Wildman–Crippen MR) is 105 cm³/mol. The Morgan fingerprint density at radius 1 is 1.04 bits per heavy atom. The number of allylic oxidation sites excluding steroid dienone is 1. The van der Waals surface area contributed by atoms with Crippen LogP contribution in [0.2, 0.25) is 0 Å². The molecule has 1 heterocycles. The molecule has 2 N–H and O–H groups in total. The number of para-hydroxylation sites is 1. The molecule has 1 amide bonds. The number of rotatable bonds is 6. The summed E-state index contributed by atoms with van der Waals surface area (Å²) in [6.07, 6.45) is 2.04. The summed E-state index contributed by atoms with van der Waals surface area (Å²) in [7, 11) is 0. The number of carbonyl (C=O) groups is 2. The maximum atomic E-state index is 12.5. The smallest absolute Gasteiger partial charge is 0.335 e. The minimum Gasteiger partial charge on any atom is -0.463 e. The van der Waals surface area contributed by atoms with Gasteiger partial charge in [-0.05, 0) is 49.9 Å². The average molecular weight is 364 g/mol. The Hall–Kier alpha value is -3.08. The second kappa shape index (κ2) is 9.03. The molecule has 0 saturated heterocycles. The van der Waals surface area contributed by atoms with Gasteiger partial charge in [-0.15, -0.1) is 0 Å². The zero-order valence-electron chi connectivity index (χ0n) is 15.5. The highest BCUT2D eigenvalue weighted by atomic mass is 16.5. The van der Waals surface area contributed by atoms with E-state index >= 15 is 0 Å². The third kappa shape index (κ3) is 4.76. The molecule has 5 nitrogen and oxygen atoms in total. The molecule has 0 fully saturated rings. The van der Waals surface area contributed by atoms with Gasteiger partial charge in [0.2, 0.25) is 0 Å². The van der Waals surface area contributed by atoms with Gasteiger partial charge in [0, 0.05) is 23.5 Å². The van der Waals surface area contributed by atoms with Crippen molar-refractivity contribution in [1.29, 1.82) is 0 Å². The quantitative estimate of drug-likeness (QED) is 0.606. The van der Waals surface area contributed by atoms with Crippen molar-refractivity contribution in [2.24, 2.45) is 0 Å². The third-order valence-corrected chi connectivity index (χ3v) is 4.53. The van der Waals surface area contributed by atoms with Gasteiger partial charge in [0.1, 0.15) is 0 Å². The molecule has 0 spiro atoms. The monoisotopic (exact) mass is 364 g/mol. The molecule has 27 heavy (non-hydrogen) atoms. The van der Waals surface area contributed by atoms with Crippen molar-refractivity contribution < 1.29 is 14.3 Å². The summed E-state index contributed by atoms with van der Waals surface area (Å²) in [5.74, 6) is -0.473. The molecular weight excluding hydrogens is 340 g/mol. The second-order valence-corrected chi connectivity index (χ2v) is 6.33. The van der Waals surface area contributed by atoms with Gasteiger partial charge in [-0.2, -0.15) is 0 Å². The van der Waals surface area contributed by atoms with Crippen LogP contribution in [0.15, 0.2) is 65.9 Å². The van der Waals surface area contributed by atoms with Crippen molar-refractivity contribution in [3.05, 3.63) is 77.0 Å². The van der Waals surface area contributed by atoms with Crippen LogP contribution >= 0.6 is 0 Å². The van der Waals surface area contributed by atoms with Gasteiger partial charge in [-0.1, -0.05) is 36.4 Å². The van der Waals surface area contributed by atoms with Crippen molar-refractivity contribution in [1.82, 2.24) is 5.32 Å². The van der Waals surface area contributed by atoms with Gasteiger partial charge >= 0.3 is 5.97 Å². The van der Waals surface area contributed by atoms with Crippen molar-refractivity contribution >= 4 is 17.6 Å². The van der Waals surface area contributed by atoms with Crippen LogP contribution in [0.4, 0.5) is 5.69 Å². The summed E-state index contributed by atoms with van der Waals surface area (Å²) in [5, 5.41) is 6.25. The molecule has 3 rings (SSSR count). The molecule has 0 aromatic heterocycles. The van der Waals surface area contributed by atoms with E-state index in [1.54, 1.807) is 19.1 Å². The van der Waals surface area contributed by atoms with E-state index in [2.05, 4.69) is 16.7 Å². The number of carbonyl (C=O) groups excluding carboxylic acids is 2. The van der Waals surface area contributed by atoms with Gasteiger partial charge in [0.05, 0.1) is 12.2 Å². The fraction of sp³-hybridized carbons (Fsp3) is 0.273. The van der Waals surface area contributed by atoms with E-state index in [0.29, 0.717) is 30.7 Å². The number of nitrogens with one attached hydrogen (secondary N) is 2. The van der Waals surface area contributed by atoms with Crippen LogP contribution in [0, 0.1) is 0 Å². The molecular formula is C22H24N2O3. The molecule has 1 aliphatic rings. The summed E-state index contributed by atoms with van der Waals surface area (Å²) < 4.78 is 5.24. The lowest BCUT2D eigenvalue weighted by Crippen LogP contribution is -2.27. The van der Waals surface area contributed by atoms with E-state index in [0.717, 1.165) is 24.2 Å². The van der Waals surface area contributed by atoms with Gasteiger partial charge in [-0.3, -0.25) is 4.79 Å². The number of hydrogen-bond acceptors (Lipinski definition) is 4. The lowest BCUT2D eigenvalue weighted by molar-refractivity contribution is -0.138. The van der Waals surface area contributed by atoms with Gasteiger partial charge in [-0.25, -0.2) is 4.79 Å². The van der Waals surface area contributed by atoms with Crippen molar-refractivity contribution in [3.8, 4) is 0 Å². The van der Waals surface area contributed by atoms with Crippen LogP contribution in [-0.2, 0) is 16.0 Å². The maximum Gasteiger partial charge on any atom is 0.335 e. The Balaban J connectivity index is 1.71. The fourth-order valence-corrected chi connectivity index (χ4v) is 3.16. The minimum atomic E-state index is -0.326. The van der Waals surface area contributed by atoms with E-state index in [1.165, 1.54) is 5.56 Å². The van der Waals surface area contributed by atoms with Crippen LogP contribution in [0.3, 0.4) is 0 Å². The molecule has 0 aliphatic carbocycles. The Labute approximate surface area is 159 Å². The van der Waals surface area contributed by atoms with Crippen molar-refractivity contribution in [2.75, 3.05) is 18.5 Å². The van der Waals surface area contributed by atoms with Gasteiger partial charge in [0.25, 0.3) is 5.91 Å². The zero-order valence-corrected chi connectivity index (χ0v) is 15.5. The molecule has 0 radical (unpaired) electrons. The summed E-state index contributed by atoms with van der Waals surface area (Å²) in [6, 6.07) is 17.1. The van der Waals surface area contributed by atoms with E-state index in [-0.39, 0.29) is 11.9 Å². The number of ether oxygens (including phenoxy) is 1. The summed E-state index contributed by atoms with van der Waals surface area (Å²) in [5.41, 5.74) is 4.34. The highest BCUT2D eigenvalue weighted by Crippen LogP contribution is 2.29. The standard InChI is InChI=1S/C22H24N2O3/c1-2-27-22(26)18(14-15-23-21(25)17-9-4-3-5-10-17)20-13-12-16-8-6-7-11-19(16)24-20/h3-11,24H,2,12-15H2,1H3,(H,23,25)/b20-18+. The molecule has 140 valence electrons. The number of benzene rings is 2. The third-order valence-electron chi connectivity index (χ3n) is 4.53. The Bertz CT molecular complexity index is 844. The first kappa shape index (κ1) is 18.7. The topological polar surface area (TPSA) is 67.4 Å². The Kier molecular flexibility index (Phi) is 6.26. The first-order valence-electron chi connectivity index (χ1n) is 9.26. The normalized spacial score (nSPS) is 14.6. The second-order valence-electron chi connectivity index (χ2n) is 6.33. The van der Waals surface area contributed by atoms with Crippen LogP contribution in [0.5, 0.6) is 0 Å². The number of esters is 1. The van der Waals surface area contributed by atoms with Gasteiger partial charge < -0.3 is 15.4 Å². The van der Waals surface area contributed by atoms with Crippen molar-refractivity contribution in [3.63, 3.8) is 0 Å². The maximum absolute atomic E-state index is 12.5. The first-order valence-corrected chi connectivity index (χ1v) is 9.26. The SMILES string of the molecule is CCOC(=O)/C(CCNC(=O)c1ccccc1)=C1\CCc2ccccc2N1. The predicted octanol–water partition coefficient (Wildman–Crippen LogP) is 3.68. The Morgan fingerprint density at radius 3 is 2.56 bits per heavy atom. The molecule has 5 heteroatoms. The highest BCUT2D eigenvalue weighted by Gasteiger charge is 2.21. The molecule has 2 aromatic carbocycles. The van der Waals surface area contributed by atoms with E-state index in [9.17, 15) is 9.59 Å². The molecule has 2 aromatic rings. The number of hydrogen-bond donors (Lipinski definition) is 2. The average Bonchev–Trinajstić information content (AvgIpc) is 2.71. The molecule has 0 unspecified atom stereocenters. The fourth-order valence-electron chi connectivity index (χ4n) is 3.16. The lowest BCUT2D eigenvalue weighted by atomic mass is 9.97. The number of anilines is 1. The molecule has 0 atom stereocenters. The van der Waals surface area contributed by atoms with E-state index < -0.39 is 0 Å². The highest BCUT2D eigenvalue weighted by molar-refractivity contribution is 5.94. The number of amides is 1. The van der Waals surface area contributed by atoms with Crippen LogP contribution < -0.4 is 10.6 Å². The summed E-state index contributed by atoms with van der Waals surface area (Å²) >= 11 is 0. The van der Waals surface area contributed by atoms with E-state index in [1.807, 2.05) is 36.4 Å². The summed E-state index contributed by atoms with van der Waals surface area (Å²) in [6.45, 7) is 2.48. The molecule has 0 saturated carbocycles. The molecule has 1 aliphatic heterocycles. The van der Waals surface area contributed by atoms with Crippen LogP contribution in [0.25, 0.3) is 0 Å². The van der Waals surface area contributed by atoms with Gasteiger partial charge in [0.15, 0.2) is 0 Å². The first-order chi connectivity index (χ1) is 13.2. The van der Waals surface area contributed by atoms with Crippen molar-refractivity contribution in [2.45, 2.75) is 26.2 Å².